The third kappa shape index (κ3) is 5.42. The van der Waals surface area contributed by atoms with Crippen LogP contribution in [0.5, 0.6) is 0 Å². The molecule has 0 saturated carbocycles. The van der Waals surface area contributed by atoms with Crippen LogP contribution in [0.3, 0.4) is 0 Å². The molecule has 1 aromatic heterocycles. The number of urea groups is 1. The molecule has 1 aliphatic rings. The van der Waals surface area contributed by atoms with Crippen molar-refractivity contribution in [1.29, 1.82) is 0 Å². The van der Waals surface area contributed by atoms with Crippen LogP contribution in [-0.2, 0) is 14.6 Å². The van der Waals surface area contributed by atoms with Gasteiger partial charge < -0.3 is 20.6 Å². The van der Waals surface area contributed by atoms with E-state index in [1.54, 1.807) is 12.1 Å². The van der Waals surface area contributed by atoms with Gasteiger partial charge >= 0.3 is 12.0 Å². The van der Waals surface area contributed by atoms with Crippen LogP contribution in [0.25, 0.3) is 11.0 Å². The number of nitrogens with zero attached hydrogens (tertiary/aromatic N) is 4. The van der Waals surface area contributed by atoms with Crippen LogP contribution in [0.4, 0.5) is 10.5 Å². The molecule has 15 heteroatoms. The molecule has 194 valence electrons. The second kappa shape index (κ2) is 10.6. The molecule has 0 radical (unpaired) electrons. The van der Waals surface area contributed by atoms with E-state index in [-0.39, 0.29) is 52.8 Å². The number of carboxylic acid groups (broad SMARTS) is 1. The average Bonchev–Trinajstić information content (AvgIpc) is 3.33. The number of aromatic nitrogens is 2. The Morgan fingerprint density at radius 1 is 1.27 bits per heavy atom. The monoisotopic (exact) mass is 546 g/mol. The number of hydrogen-bond donors (Lipinski definition) is 3. The third-order valence-electron chi connectivity index (χ3n) is 5.80. The van der Waals surface area contributed by atoms with Gasteiger partial charge in [-0.3, -0.25) is 10.1 Å². The molecular weight excluding hydrogens is 524 g/mol. The van der Waals surface area contributed by atoms with E-state index in [9.17, 15) is 33.2 Å². The number of carboxylic acids is 1. The Bertz CT molecular complexity index is 1520. The molecule has 0 spiro atoms. The molecule has 0 fully saturated rings. The van der Waals surface area contributed by atoms with E-state index in [2.05, 4.69) is 19.4 Å². The number of nitro benzene ring substituents is 1. The van der Waals surface area contributed by atoms with E-state index >= 15 is 0 Å². The first-order valence-corrected chi connectivity index (χ1v) is 13.4. The molecule has 37 heavy (non-hydrogen) atoms. The highest BCUT2D eigenvalue weighted by Gasteiger charge is 2.38. The van der Waals surface area contributed by atoms with Crippen molar-refractivity contribution in [2.45, 2.75) is 24.3 Å². The van der Waals surface area contributed by atoms with Crippen LogP contribution in [0, 0.1) is 10.1 Å². The number of carbonyl (C=O) groups is 2. The molecule has 1 aliphatic heterocycles. The quantitative estimate of drug-likeness (QED) is 0.194. The second-order valence-corrected chi connectivity index (χ2v) is 10.7. The van der Waals surface area contributed by atoms with Crippen molar-refractivity contribution in [1.82, 2.24) is 24.3 Å². The summed E-state index contributed by atoms with van der Waals surface area (Å²) < 4.78 is 33.7. The van der Waals surface area contributed by atoms with Crippen LogP contribution >= 0.6 is 11.7 Å². The topological polar surface area (TPSA) is 185 Å². The van der Waals surface area contributed by atoms with Gasteiger partial charge in [0.1, 0.15) is 16.9 Å². The summed E-state index contributed by atoms with van der Waals surface area (Å²) in [7, 11) is -3.72. The highest BCUT2D eigenvalue weighted by molar-refractivity contribution is 7.91. The van der Waals surface area contributed by atoms with Crippen LogP contribution < -0.4 is 10.6 Å². The number of non-ortho nitro benzene ring substituents is 1. The van der Waals surface area contributed by atoms with Gasteiger partial charge in [-0.25, -0.2) is 18.0 Å². The lowest BCUT2D eigenvalue weighted by Crippen LogP contribution is -2.49. The summed E-state index contributed by atoms with van der Waals surface area (Å²) in [5.74, 6) is -1.64. The van der Waals surface area contributed by atoms with Crippen molar-refractivity contribution in [2.24, 2.45) is 0 Å². The zero-order valence-corrected chi connectivity index (χ0v) is 21.1. The lowest BCUT2D eigenvalue weighted by Gasteiger charge is -2.37. The highest BCUT2D eigenvalue weighted by Crippen LogP contribution is 2.35. The van der Waals surface area contributed by atoms with E-state index in [0.717, 1.165) is 11.7 Å². The minimum Gasteiger partial charge on any atom is -0.478 e. The summed E-state index contributed by atoms with van der Waals surface area (Å²) in [5, 5.41) is 26.5. The number of nitrogens with one attached hydrogen (secondary N) is 2. The van der Waals surface area contributed by atoms with Gasteiger partial charge in [0.2, 0.25) is 0 Å². The number of sulfone groups is 1. The Hall–Kier alpha value is -3.95. The van der Waals surface area contributed by atoms with Gasteiger partial charge in [-0.05, 0) is 37.6 Å². The minimum absolute atomic E-state index is 0.0574. The lowest BCUT2D eigenvalue weighted by molar-refractivity contribution is -0.384. The Morgan fingerprint density at radius 2 is 2.03 bits per heavy atom. The fourth-order valence-electron chi connectivity index (χ4n) is 4.13. The Kier molecular flexibility index (Phi) is 7.47. The SMILES string of the molecule is CC1=C(C(=O)O)C(c2cccc([N+](=O)[O-])c2)N(CCCNCS(=O)(=O)c2cccc3nsnc23)C(=O)N1. The van der Waals surface area contributed by atoms with Gasteiger partial charge in [-0.2, -0.15) is 8.75 Å². The van der Waals surface area contributed by atoms with E-state index in [1.807, 2.05) is 0 Å². The summed E-state index contributed by atoms with van der Waals surface area (Å²) in [6.07, 6.45) is 0.281. The van der Waals surface area contributed by atoms with Gasteiger partial charge in [0.15, 0.2) is 9.84 Å². The number of benzene rings is 2. The molecule has 1 unspecified atom stereocenters. The van der Waals surface area contributed by atoms with Crippen molar-refractivity contribution in [3.05, 3.63) is 69.4 Å². The van der Waals surface area contributed by atoms with Crippen LogP contribution in [0.2, 0.25) is 0 Å². The number of rotatable bonds is 10. The Morgan fingerprint density at radius 3 is 2.76 bits per heavy atom. The molecule has 3 N–H and O–H groups in total. The van der Waals surface area contributed by atoms with Gasteiger partial charge in [-0.15, -0.1) is 0 Å². The zero-order chi connectivity index (χ0) is 26.7. The van der Waals surface area contributed by atoms with Crippen LogP contribution in [0.15, 0.2) is 58.6 Å². The molecule has 13 nitrogen and oxygen atoms in total. The lowest BCUT2D eigenvalue weighted by atomic mass is 9.93. The first kappa shape index (κ1) is 26.1. The number of hydrogen-bond acceptors (Lipinski definition) is 10. The molecule has 2 aromatic carbocycles. The molecule has 2 amide bonds. The Labute approximate surface area is 215 Å². The Balaban J connectivity index is 1.48. The van der Waals surface area contributed by atoms with E-state index < -0.39 is 32.8 Å². The molecule has 0 saturated heterocycles. The first-order chi connectivity index (χ1) is 17.6. The molecule has 2 heterocycles. The summed E-state index contributed by atoms with van der Waals surface area (Å²) >= 11 is 0.923. The zero-order valence-electron chi connectivity index (χ0n) is 19.4. The van der Waals surface area contributed by atoms with Gasteiger partial charge in [-0.1, -0.05) is 18.2 Å². The number of amides is 2. The largest absolute Gasteiger partial charge is 0.478 e. The first-order valence-electron chi connectivity index (χ1n) is 11.0. The maximum atomic E-state index is 12.8. The number of aliphatic carboxylic acids is 1. The van der Waals surface area contributed by atoms with Crippen molar-refractivity contribution >= 4 is 50.3 Å². The van der Waals surface area contributed by atoms with Crippen LogP contribution in [0.1, 0.15) is 24.9 Å². The van der Waals surface area contributed by atoms with Crippen molar-refractivity contribution < 1.29 is 28.0 Å². The fraction of sp³-hybridized carbons (Fsp3) is 0.273. The second-order valence-electron chi connectivity index (χ2n) is 8.22. The van der Waals surface area contributed by atoms with Crippen LogP contribution in [-0.4, -0.2) is 63.1 Å². The molecule has 0 aliphatic carbocycles. The molecular formula is C22H22N6O7S2. The predicted octanol–water partition coefficient (Wildman–Crippen LogP) is 2.44. The maximum Gasteiger partial charge on any atom is 0.335 e. The minimum atomic E-state index is -3.72. The standard InChI is InChI=1S/C22H22N6O7S2/c1-13-18(21(29)30)20(14-5-2-6-15(11-14)28(32)33)27(22(31)24-13)10-4-9-23-12-37(34,35)17-8-3-7-16-19(17)26-36-25-16/h2-3,5-8,11,20,23H,4,9-10,12H2,1H3,(H,24,31)(H,29,30). The van der Waals surface area contributed by atoms with Crippen molar-refractivity contribution in [3.8, 4) is 0 Å². The molecule has 1 atom stereocenters. The van der Waals surface area contributed by atoms with E-state index in [1.165, 1.54) is 42.2 Å². The highest BCUT2D eigenvalue weighted by atomic mass is 32.2. The summed E-state index contributed by atoms with van der Waals surface area (Å²) in [5.41, 5.74) is 0.875. The fourth-order valence-corrected chi connectivity index (χ4v) is 6.04. The van der Waals surface area contributed by atoms with E-state index in [0.29, 0.717) is 11.0 Å². The molecule has 3 aromatic rings. The average molecular weight is 547 g/mol. The summed E-state index contributed by atoms with van der Waals surface area (Å²) in [6, 6.07) is 8.58. The summed E-state index contributed by atoms with van der Waals surface area (Å²) in [4.78, 5) is 36.9. The smallest absolute Gasteiger partial charge is 0.335 e. The predicted molar refractivity (Wildman–Crippen MR) is 133 cm³/mol. The summed E-state index contributed by atoms with van der Waals surface area (Å²) in [6.45, 7) is 1.71. The number of allylic oxidation sites excluding steroid dienone is 1. The number of fused-ring (bicyclic) bond motifs is 1. The normalized spacial score (nSPS) is 16.2. The van der Waals surface area contributed by atoms with Crippen molar-refractivity contribution in [3.63, 3.8) is 0 Å². The van der Waals surface area contributed by atoms with Gasteiger partial charge in [0, 0.05) is 24.4 Å². The van der Waals surface area contributed by atoms with Crippen molar-refractivity contribution in [2.75, 3.05) is 19.0 Å². The van der Waals surface area contributed by atoms with E-state index in [4.69, 9.17) is 0 Å². The van der Waals surface area contributed by atoms with Gasteiger partial charge in [0.05, 0.1) is 33.2 Å². The molecule has 4 rings (SSSR count). The molecule has 0 bridgehead atoms. The number of nitro groups is 1. The number of carbonyl (C=O) groups excluding carboxylic acids is 1. The van der Waals surface area contributed by atoms with Gasteiger partial charge in [0.25, 0.3) is 5.69 Å². The maximum absolute atomic E-state index is 12.8. The third-order valence-corrected chi connectivity index (χ3v) is 7.93.